The molecule has 0 aliphatic carbocycles. The van der Waals surface area contributed by atoms with Crippen molar-refractivity contribution in [2.75, 3.05) is 0 Å². The summed E-state index contributed by atoms with van der Waals surface area (Å²) in [6.45, 7) is 6.62. The Morgan fingerprint density at radius 2 is 1.80 bits per heavy atom. The zero-order chi connectivity index (χ0) is 11.5. The maximum atomic E-state index is 8.68. The molecule has 0 aliphatic rings. The van der Waals surface area contributed by atoms with Gasteiger partial charge in [-0.05, 0) is 29.5 Å². The predicted octanol–water partition coefficient (Wildman–Crippen LogP) is 3.97. The van der Waals surface area contributed by atoms with Crippen molar-refractivity contribution in [1.29, 1.82) is 5.26 Å². The molecule has 0 radical (unpaired) electrons. The van der Waals surface area contributed by atoms with E-state index in [0.29, 0.717) is 5.56 Å². The molecule has 80 valence electrons. The van der Waals surface area contributed by atoms with E-state index >= 15 is 0 Å². The van der Waals surface area contributed by atoms with E-state index in [0.717, 1.165) is 6.42 Å². The number of hydrogen-bond donors (Lipinski definition) is 1. The van der Waals surface area contributed by atoms with Gasteiger partial charge in [0.15, 0.2) is 0 Å². The van der Waals surface area contributed by atoms with Gasteiger partial charge in [-0.2, -0.15) is 17.9 Å². The molecule has 1 unspecified atom stereocenters. The minimum absolute atomic E-state index is 0.248. The molecule has 1 aromatic carbocycles. The number of hydrogen-bond acceptors (Lipinski definition) is 2. The fraction of sp³-hybridized carbons (Fsp3) is 0.462. The van der Waals surface area contributed by atoms with E-state index in [1.807, 2.05) is 24.3 Å². The molecule has 0 bridgehead atoms. The lowest BCUT2D eigenvalue weighted by molar-refractivity contribution is 0.375. The smallest absolute Gasteiger partial charge is 0.0991 e. The lowest BCUT2D eigenvalue weighted by Gasteiger charge is -2.22. The predicted molar refractivity (Wildman–Crippen MR) is 67.0 cm³/mol. The Balaban J connectivity index is 2.75. The third kappa shape index (κ3) is 3.97. The van der Waals surface area contributed by atoms with Gasteiger partial charge in [0.25, 0.3) is 0 Å². The SMILES string of the molecule is CC(C)(C)CC(S)c1ccc(C#N)cc1. The lowest BCUT2D eigenvalue weighted by Crippen LogP contribution is -2.08. The van der Waals surface area contributed by atoms with Crippen LogP contribution in [0.5, 0.6) is 0 Å². The molecule has 0 amide bonds. The summed E-state index contributed by atoms with van der Waals surface area (Å²) in [4.78, 5) is 0. The van der Waals surface area contributed by atoms with Crippen LogP contribution < -0.4 is 0 Å². The normalized spacial score (nSPS) is 13.3. The van der Waals surface area contributed by atoms with Crippen molar-refractivity contribution in [3.63, 3.8) is 0 Å². The van der Waals surface area contributed by atoms with Gasteiger partial charge in [-0.3, -0.25) is 0 Å². The van der Waals surface area contributed by atoms with E-state index in [-0.39, 0.29) is 10.7 Å². The van der Waals surface area contributed by atoms with Crippen LogP contribution in [0, 0.1) is 16.7 Å². The summed E-state index contributed by atoms with van der Waals surface area (Å²) in [5.74, 6) is 0. The molecular weight excluding hydrogens is 202 g/mol. The number of benzene rings is 1. The first kappa shape index (κ1) is 12.1. The number of thiol groups is 1. The van der Waals surface area contributed by atoms with Crippen LogP contribution >= 0.6 is 12.6 Å². The zero-order valence-electron chi connectivity index (χ0n) is 9.49. The minimum atomic E-state index is 0.248. The molecule has 0 saturated carbocycles. The van der Waals surface area contributed by atoms with Crippen LogP contribution in [0.1, 0.15) is 43.6 Å². The average molecular weight is 219 g/mol. The Labute approximate surface area is 97.5 Å². The van der Waals surface area contributed by atoms with Gasteiger partial charge in [0, 0.05) is 5.25 Å². The third-order valence-electron chi connectivity index (χ3n) is 2.23. The molecule has 2 heteroatoms. The second kappa shape index (κ2) is 4.72. The van der Waals surface area contributed by atoms with E-state index in [2.05, 4.69) is 39.5 Å². The van der Waals surface area contributed by atoms with Gasteiger partial charge in [-0.25, -0.2) is 0 Å². The summed E-state index contributed by atoms with van der Waals surface area (Å²) in [5.41, 5.74) is 2.17. The third-order valence-corrected chi connectivity index (χ3v) is 2.71. The van der Waals surface area contributed by atoms with Crippen LogP contribution in [0.25, 0.3) is 0 Å². The molecule has 0 heterocycles. The molecular formula is C13H17NS. The van der Waals surface area contributed by atoms with Crippen molar-refractivity contribution in [2.45, 2.75) is 32.4 Å². The average Bonchev–Trinajstić information content (AvgIpc) is 2.15. The Morgan fingerprint density at radius 3 is 2.20 bits per heavy atom. The first-order valence-electron chi connectivity index (χ1n) is 5.10. The summed E-state index contributed by atoms with van der Waals surface area (Å²) >= 11 is 4.59. The fourth-order valence-electron chi connectivity index (χ4n) is 1.48. The van der Waals surface area contributed by atoms with Crippen molar-refractivity contribution in [2.24, 2.45) is 5.41 Å². The zero-order valence-corrected chi connectivity index (χ0v) is 10.4. The number of rotatable bonds is 2. The quantitative estimate of drug-likeness (QED) is 0.748. The molecule has 0 spiro atoms. The van der Waals surface area contributed by atoms with Crippen LogP contribution in [-0.2, 0) is 0 Å². The van der Waals surface area contributed by atoms with Crippen LogP contribution in [-0.4, -0.2) is 0 Å². The molecule has 15 heavy (non-hydrogen) atoms. The molecule has 1 nitrogen and oxygen atoms in total. The van der Waals surface area contributed by atoms with Crippen LogP contribution in [0.4, 0.5) is 0 Å². The van der Waals surface area contributed by atoms with Gasteiger partial charge in [0.05, 0.1) is 11.6 Å². The summed E-state index contributed by atoms with van der Waals surface area (Å²) in [7, 11) is 0. The van der Waals surface area contributed by atoms with Crippen LogP contribution in [0.2, 0.25) is 0 Å². The van der Waals surface area contributed by atoms with Crippen molar-refractivity contribution in [3.8, 4) is 6.07 Å². The molecule has 0 N–H and O–H groups in total. The first-order valence-corrected chi connectivity index (χ1v) is 5.62. The van der Waals surface area contributed by atoms with Gasteiger partial charge in [0.2, 0.25) is 0 Å². The van der Waals surface area contributed by atoms with E-state index in [9.17, 15) is 0 Å². The van der Waals surface area contributed by atoms with Crippen molar-refractivity contribution >= 4 is 12.6 Å². The van der Waals surface area contributed by atoms with E-state index in [1.54, 1.807) is 0 Å². The maximum Gasteiger partial charge on any atom is 0.0991 e. The van der Waals surface area contributed by atoms with E-state index < -0.39 is 0 Å². The number of nitrogens with zero attached hydrogens (tertiary/aromatic N) is 1. The highest BCUT2D eigenvalue weighted by atomic mass is 32.1. The summed E-state index contributed by atoms with van der Waals surface area (Å²) in [5, 5.41) is 8.93. The second-order valence-electron chi connectivity index (χ2n) is 5.01. The highest BCUT2D eigenvalue weighted by molar-refractivity contribution is 7.80. The second-order valence-corrected chi connectivity index (χ2v) is 5.64. The monoisotopic (exact) mass is 219 g/mol. The molecule has 0 aromatic heterocycles. The van der Waals surface area contributed by atoms with Crippen molar-refractivity contribution < 1.29 is 0 Å². The molecule has 0 aliphatic heterocycles. The molecule has 0 saturated heterocycles. The summed E-state index contributed by atoms with van der Waals surface area (Å²) < 4.78 is 0. The van der Waals surface area contributed by atoms with Crippen molar-refractivity contribution in [1.82, 2.24) is 0 Å². The summed E-state index contributed by atoms with van der Waals surface area (Å²) in [6.07, 6.45) is 1.03. The highest BCUT2D eigenvalue weighted by Crippen LogP contribution is 2.33. The Morgan fingerprint density at radius 1 is 1.27 bits per heavy atom. The Kier molecular flexibility index (Phi) is 3.82. The Hall–Kier alpha value is -0.940. The van der Waals surface area contributed by atoms with Gasteiger partial charge >= 0.3 is 0 Å². The molecule has 1 rings (SSSR count). The van der Waals surface area contributed by atoms with Gasteiger partial charge in [-0.1, -0.05) is 32.9 Å². The van der Waals surface area contributed by atoms with Gasteiger partial charge in [-0.15, -0.1) is 0 Å². The van der Waals surface area contributed by atoms with Crippen molar-refractivity contribution in [3.05, 3.63) is 35.4 Å². The van der Waals surface area contributed by atoms with Crippen LogP contribution in [0.15, 0.2) is 24.3 Å². The van der Waals surface area contributed by atoms with Gasteiger partial charge in [0.1, 0.15) is 0 Å². The van der Waals surface area contributed by atoms with E-state index in [1.165, 1.54) is 5.56 Å². The lowest BCUT2D eigenvalue weighted by atomic mass is 9.88. The van der Waals surface area contributed by atoms with E-state index in [4.69, 9.17) is 5.26 Å². The largest absolute Gasteiger partial charge is 0.192 e. The van der Waals surface area contributed by atoms with Crippen LogP contribution in [0.3, 0.4) is 0 Å². The summed E-state index contributed by atoms with van der Waals surface area (Å²) in [6, 6.07) is 9.79. The standard InChI is InChI=1S/C13H17NS/c1-13(2,3)8-12(15)11-6-4-10(9-14)5-7-11/h4-7,12,15H,8H2,1-3H3. The number of nitriles is 1. The fourth-order valence-corrected chi connectivity index (χ4v) is 2.20. The maximum absolute atomic E-state index is 8.68. The minimum Gasteiger partial charge on any atom is -0.192 e. The first-order chi connectivity index (χ1) is 6.92. The Bertz CT molecular complexity index is 354. The van der Waals surface area contributed by atoms with Gasteiger partial charge < -0.3 is 0 Å². The highest BCUT2D eigenvalue weighted by Gasteiger charge is 2.16. The molecule has 0 fully saturated rings. The molecule has 1 atom stereocenters. The topological polar surface area (TPSA) is 23.8 Å². The molecule has 1 aromatic rings.